The molecule has 0 radical (unpaired) electrons. The molecule has 3 aromatic carbocycles. The van der Waals surface area contributed by atoms with Crippen LogP contribution in [-0.4, -0.2) is 23.8 Å². The van der Waals surface area contributed by atoms with E-state index in [9.17, 15) is 14.7 Å². The molecule has 0 saturated heterocycles. The van der Waals surface area contributed by atoms with Gasteiger partial charge in [0, 0.05) is 5.92 Å². The minimum Gasteiger partial charge on any atom is -0.478 e. The number of hydrogen-bond acceptors (Lipinski definition) is 4. The van der Waals surface area contributed by atoms with Crippen LogP contribution in [-0.2, 0) is 4.74 Å². The van der Waals surface area contributed by atoms with E-state index in [1.807, 2.05) is 54.6 Å². The van der Waals surface area contributed by atoms with Gasteiger partial charge in [0.1, 0.15) is 6.61 Å². The summed E-state index contributed by atoms with van der Waals surface area (Å²) in [5.41, 5.74) is 4.53. The highest BCUT2D eigenvalue weighted by atomic mass is 16.5. The zero-order valence-electron chi connectivity index (χ0n) is 15.3. The van der Waals surface area contributed by atoms with Crippen molar-refractivity contribution in [3.05, 3.63) is 89.0 Å². The van der Waals surface area contributed by atoms with Crippen molar-refractivity contribution in [1.82, 2.24) is 0 Å². The average Bonchev–Trinajstić information content (AvgIpc) is 3.06. The number of carboxylic acid groups (broad SMARTS) is 1. The Morgan fingerprint density at radius 2 is 1.62 bits per heavy atom. The first-order valence-electron chi connectivity index (χ1n) is 8.98. The Labute approximate surface area is 167 Å². The first-order chi connectivity index (χ1) is 14.1. The number of anilines is 1. The Hall–Kier alpha value is -4.11. The number of nitrogens with one attached hydrogen (secondary N) is 1. The molecule has 1 aliphatic rings. The van der Waals surface area contributed by atoms with Gasteiger partial charge >= 0.3 is 12.1 Å². The molecule has 29 heavy (non-hydrogen) atoms. The van der Waals surface area contributed by atoms with Gasteiger partial charge in [-0.25, -0.2) is 9.59 Å². The number of hydrogen-bond donors (Lipinski definition) is 2. The molecule has 0 aromatic heterocycles. The number of fused-ring (bicyclic) bond motifs is 3. The van der Waals surface area contributed by atoms with E-state index < -0.39 is 12.1 Å². The lowest BCUT2D eigenvalue weighted by atomic mass is 9.98. The van der Waals surface area contributed by atoms with Crippen molar-refractivity contribution in [1.29, 1.82) is 5.26 Å². The number of nitriles is 1. The summed E-state index contributed by atoms with van der Waals surface area (Å²) in [5, 5.41) is 20.7. The van der Waals surface area contributed by atoms with E-state index >= 15 is 0 Å². The summed E-state index contributed by atoms with van der Waals surface area (Å²) in [6.45, 7) is 0.124. The Balaban J connectivity index is 1.52. The van der Waals surface area contributed by atoms with Gasteiger partial charge in [-0.2, -0.15) is 5.26 Å². The van der Waals surface area contributed by atoms with Gasteiger partial charge in [0.2, 0.25) is 0 Å². The highest BCUT2D eigenvalue weighted by Crippen LogP contribution is 2.44. The quantitative estimate of drug-likeness (QED) is 0.684. The predicted molar refractivity (Wildman–Crippen MR) is 107 cm³/mol. The number of nitrogens with zero attached hydrogens (tertiary/aromatic N) is 1. The molecule has 0 fully saturated rings. The van der Waals surface area contributed by atoms with Crippen LogP contribution in [0.3, 0.4) is 0 Å². The molecule has 3 aromatic rings. The maximum absolute atomic E-state index is 12.3. The SMILES string of the molecule is N#Cc1ccc(NC(=O)OCC2c3ccccc3-c3ccccc32)c(C(=O)O)c1. The topological polar surface area (TPSA) is 99.4 Å². The normalized spacial score (nSPS) is 11.8. The Bertz CT molecular complexity index is 1120. The lowest BCUT2D eigenvalue weighted by Crippen LogP contribution is -2.19. The summed E-state index contributed by atoms with van der Waals surface area (Å²) in [4.78, 5) is 23.7. The number of rotatable bonds is 4. The summed E-state index contributed by atoms with van der Waals surface area (Å²) in [6, 6.07) is 21.9. The molecule has 0 saturated carbocycles. The van der Waals surface area contributed by atoms with Crippen LogP contribution in [0.4, 0.5) is 10.5 Å². The van der Waals surface area contributed by atoms with Crippen molar-refractivity contribution in [3.63, 3.8) is 0 Å². The van der Waals surface area contributed by atoms with Crippen LogP contribution in [0, 0.1) is 11.3 Å². The third kappa shape index (κ3) is 3.42. The van der Waals surface area contributed by atoms with Crippen LogP contribution in [0.5, 0.6) is 0 Å². The van der Waals surface area contributed by atoms with Crippen molar-refractivity contribution in [3.8, 4) is 17.2 Å². The first-order valence-corrected chi connectivity index (χ1v) is 8.98. The molecule has 0 atom stereocenters. The van der Waals surface area contributed by atoms with E-state index in [1.165, 1.54) is 18.2 Å². The van der Waals surface area contributed by atoms with Gasteiger partial charge < -0.3 is 9.84 Å². The van der Waals surface area contributed by atoms with E-state index in [1.54, 1.807) is 0 Å². The highest BCUT2D eigenvalue weighted by Gasteiger charge is 2.29. The first kappa shape index (κ1) is 18.3. The number of carbonyl (C=O) groups is 2. The molecule has 0 aliphatic heterocycles. The molecule has 2 N–H and O–H groups in total. The van der Waals surface area contributed by atoms with Gasteiger partial charge in [-0.1, -0.05) is 48.5 Å². The average molecular weight is 384 g/mol. The minimum atomic E-state index is -1.24. The van der Waals surface area contributed by atoms with Crippen LogP contribution >= 0.6 is 0 Å². The van der Waals surface area contributed by atoms with E-state index in [0.29, 0.717) is 0 Å². The van der Waals surface area contributed by atoms with Gasteiger partial charge in [0.05, 0.1) is 22.9 Å². The van der Waals surface area contributed by atoms with Crippen molar-refractivity contribution in [2.24, 2.45) is 0 Å². The zero-order valence-corrected chi connectivity index (χ0v) is 15.3. The van der Waals surface area contributed by atoms with E-state index in [2.05, 4.69) is 5.32 Å². The molecule has 0 spiro atoms. The minimum absolute atomic E-state index is 0.0775. The van der Waals surface area contributed by atoms with Crippen molar-refractivity contribution >= 4 is 17.7 Å². The van der Waals surface area contributed by atoms with Crippen LogP contribution in [0.15, 0.2) is 66.7 Å². The van der Waals surface area contributed by atoms with Crippen molar-refractivity contribution < 1.29 is 19.4 Å². The zero-order chi connectivity index (χ0) is 20.4. The number of carbonyl (C=O) groups excluding carboxylic acids is 1. The molecular weight excluding hydrogens is 368 g/mol. The molecule has 4 rings (SSSR count). The summed E-state index contributed by atoms with van der Waals surface area (Å²) in [5.74, 6) is -1.33. The number of benzene rings is 3. The van der Waals surface area contributed by atoms with Crippen molar-refractivity contribution in [2.45, 2.75) is 5.92 Å². The summed E-state index contributed by atoms with van der Waals surface area (Å²) >= 11 is 0. The predicted octanol–water partition coefficient (Wildman–Crippen LogP) is 4.62. The second-order valence-electron chi connectivity index (χ2n) is 6.63. The van der Waals surface area contributed by atoms with Crippen LogP contribution in [0.25, 0.3) is 11.1 Å². The number of ether oxygens (including phenoxy) is 1. The fourth-order valence-electron chi connectivity index (χ4n) is 3.64. The second kappa shape index (κ2) is 7.49. The number of amides is 1. The molecule has 6 heteroatoms. The molecule has 6 nitrogen and oxygen atoms in total. The maximum atomic E-state index is 12.3. The Morgan fingerprint density at radius 3 is 2.21 bits per heavy atom. The van der Waals surface area contributed by atoms with Gasteiger partial charge in [-0.15, -0.1) is 0 Å². The monoisotopic (exact) mass is 384 g/mol. The van der Waals surface area contributed by atoms with Gasteiger partial charge in [0.25, 0.3) is 0 Å². The van der Waals surface area contributed by atoms with Crippen LogP contribution in [0.2, 0.25) is 0 Å². The molecule has 0 heterocycles. The van der Waals surface area contributed by atoms with Crippen LogP contribution < -0.4 is 5.32 Å². The molecule has 1 aliphatic carbocycles. The number of carboxylic acids is 1. The lowest BCUT2D eigenvalue weighted by molar-refractivity contribution is 0.0698. The maximum Gasteiger partial charge on any atom is 0.411 e. The third-order valence-electron chi connectivity index (χ3n) is 4.96. The Morgan fingerprint density at radius 1 is 1.00 bits per heavy atom. The second-order valence-corrected chi connectivity index (χ2v) is 6.63. The van der Waals surface area contributed by atoms with E-state index in [-0.39, 0.29) is 29.3 Å². The van der Waals surface area contributed by atoms with Gasteiger partial charge in [0.15, 0.2) is 0 Å². The molecule has 0 bridgehead atoms. The standard InChI is InChI=1S/C23H16N2O4/c24-12-14-9-10-21(19(11-14)22(26)27)25-23(28)29-13-20-17-7-3-1-5-15(17)16-6-2-4-8-18(16)20/h1-11,20H,13H2,(H,25,28)(H,26,27). The lowest BCUT2D eigenvalue weighted by Gasteiger charge is -2.15. The summed E-state index contributed by atoms with van der Waals surface area (Å²) in [7, 11) is 0. The summed E-state index contributed by atoms with van der Waals surface area (Å²) < 4.78 is 5.43. The molecule has 142 valence electrons. The van der Waals surface area contributed by atoms with Gasteiger partial charge in [-0.05, 0) is 40.5 Å². The van der Waals surface area contributed by atoms with E-state index in [4.69, 9.17) is 10.00 Å². The summed E-state index contributed by atoms with van der Waals surface area (Å²) in [6.07, 6.45) is -0.751. The fourth-order valence-corrected chi connectivity index (χ4v) is 3.64. The smallest absolute Gasteiger partial charge is 0.411 e. The van der Waals surface area contributed by atoms with Gasteiger partial charge in [-0.3, -0.25) is 5.32 Å². The Kier molecular flexibility index (Phi) is 4.71. The molecular formula is C23H16N2O4. The fraction of sp³-hybridized carbons (Fsp3) is 0.0870. The van der Waals surface area contributed by atoms with Crippen molar-refractivity contribution in [2.75, 3.05) is 11.9 Å². The molecule has 1 amide bonds. The van der Waals surface area contributed by atoms with Crippen LogP contribution in [0.1, 0.15) is 33.0 Å². The largest absolute Gasteiger partial charge is 0.478 e. The third-order valence-corrected chi connectivity index (χ3v) is 4.96. The molecule has 0 unspecified atom stereocenters. The van der Waals surface area contributed by atoms with E-state index in [0.717, 1.165) is 22.3 Å². The highest BCUT2D eigenvalue weighted by molar-refractivity contribution is 5.99. The number of aromatic carboxylic acids is 1.